The van der Waals surface area contributed by atoms with Crippen LogP contribution in [0.25, 0.3) is 0 Å². The lowest BCUT2D eigenvalue weighted by Crippen LogP contribution is -2.51. The van der Waals surface area contributed by atoms with E-state index < -0.39 is 5.60 Å². The molecule has 0 spiro atoms. The number of hydrogen-bond donors (Lipinski definition) is 0. The lowest BCUT2D eigenvalue weighted by Gasteiger charge is -2.36. The second-order valence-electron chi connectivity index (χ2n) is 9.21. The van der Waals surface area contributed by atoms with Gasteiger partial charge in [0.1, 0.15) is 11.4 Å². The zero-order valence-electron chi connectivity index (χ0n) is 18.5. The number of rotatable bonds is 3. The van der Waals surface area contributed by atoms with E-state index in [0.29, 0.717) is 38.3 Å². The number of Topliss-reactive ketones (excluding diaryl/α,β-unsaturated/α-hetero) is 1. The van der Waals surface area contributed by atoms with Crippen LogP contribution in [0.4, 0.5) is 10.5 Å². The maximum atomic E-state index is 13.0. The van der Waals surface area contributed by atoms with Crippen molar-refractivity contribution in [2.24, 2.45) is 5.92 Å². The highest BCUT2D eigenvalue weighted by atomic mass is 16.6. The largest absolute Gasteiger partial charge is 0.444 e. The summed E-state index contributed by atoms with van der Waals surface area (Å²) in [5, 5.41) is 0. The predicted octanol–water partition coefficient (Wildman–Crippen LogP) is 3.18. The molecule has 2 fully saturated rings. The van der Waals surface area contributed by atoms with E-state index in [9.17, 15) is 14.4 Å². The third-order valence-electron chi connectivity index (χ3n) is 5.67. The zero-order chi connectivity index (χ0) is 21.9. The molecule has 2 heterocycles. The molecule has 2 saturated heterocycles. The lowest BCUT2D eigenvalue weighted by atomic mass is 9.94. The molecule has 0 radical (unpaired) electrons. The monoisotopic (exact) mass is 415 g/mol. The minimum Gasteiger partial charge on any atom is -0.444 e. The van der Waals surface area contributed by atoms with Crippen LogP contribution in [0.15, 0.2) is 24.3 Å². The van der Waals surface area contributed by atoms with Crippen LogP contribution in [0.2, 0.25) is 0 Å². The number of ether oxygens (including phenoxy) is 1. The van der Waals surface area contributed by atoms with E-state index in [2.05, 4.69) is 4.90 Å². The van der Waals surface area contributed by atoms with Crippen molar-refractivity contribution in [2.75, 3.05) is 44.2 Å². The van der Waals surface area contributed by atoms with Crippen LogP contribution in [-0.2, 0) is 9.53 Å². The number of carbonyl (C=O) groups is 3. The Labute approximate surface area is 179 Å². The van der Waals surface area contributed by atoms with Crippen molar-refractivity contribution in [1.82, 2.24) is 9.80 Å². The third kappa shape index (κ3) is 5.52. The van der Waals surface area contributed by atoms with Gasteiger partial charge in [-0.1, -0.05) is 6.07 Å². The van der Waals surface area contributed by atoms with Crippen LogP contribution < -0.4 is 4.90 Å². The molecule has 0 N–H and O–H groups in total. The summed E-state index contributed by atoms with van der Waals surface area (Å²) in [5.74, 6) is 0.273. The first-order valence-corrected chi connectivity index (χ1v) is 10.8. The molecule has 0 unspecified atom stereocenters. The molecule has 0 bridgehead atoms. The average molecular weight is 416 g/mol. The molecule has 0 saturated carbocycles. The maximum Gasteiger partial charge on any atom is 0.410 e. The average Bonchev–Trinajstić information content (AvgIpc) is 2.72. The Morgan fingerprint density at radius 2 is 1.67 bits per heavy atom. The van der Waals surface area contributed by atoms with E-state index in [1.54, 1.807) is 16.7 Å². The van der Waals surface area contributed by atoms with Gasteiger partial charge in [-0.05, 0) is 58.7 Å². The van der Waals surface area contributed by atoms with Crippen molar-refractivity contribution in [2.45, 2.75) is 46.1 Å². The molecule has 2 aliphatic rings. The van der Waals surface area contributed by atoms with Gasteiger partial charge in [0.25, 0.3) is 5.91 Å². The summed E-state index contributed by atoms with van der Waals surface area (Å²) in [6, 6.07) is 7.65. The summed E-state index contributed by atoms with van der Waals surface area (Å²) in [5.41, 5.74) is 1.10. The minimum atomic E-state index is -0.527. The SMILES string of the molecule is CC(=O)[C@@H]1CCCN(c2cccc(C(=O)N3CCN(C(=O)OC(C)(C)C)CC3)c2)C1. The molecular weight excluding hydrogens is 382 g/mol. The van der Waals surface area contributed by atoms with Crippen LogP contribution in [0.1, 0.15) is 50.9 Å². The second kappa shape index (κ2) is 9.06. The van der Waals surface area contributed by atoms with Gasteiger partial charge in [-0.25, -0.2) is 4.79 Å². The standard InChI is InChI=1S/C23H33N3O4/c1-17(27)19-8-6-10-26(16-19)20-9-5-7-18(15-20)21(28)24-11-13-25(14-12-24)22(29)30-23(2,3)4/h5,7,9,15,19H,6,8,10-14,16H2,1-4H3/t19-/m1/s1. The van der Waals surface area contributed by atoms with E-state index >= 15 is 0 Å². The molecule has 1 atom stereocenters. The van der Waals surface area contributed by atoms with Crippen LogP contribution >= 0.6 is 0 Å². The molecule has 7 heteroatoms. The van der Waals surface area contributed by atoms with E-state index in [0.717, 1.165) is 25.1 Å². The summed E-state index contributed by atoms with van der Waals surface area (Å²) in [6.07, 6.45) is 1.59. The highest BCUT2D eigenvalue weighted by Gasteiger charge is 2.29. The molecule has 1 aromatic rings. The van der Waals surface area contributed by atoms with Gasteiger partial charge in [-0.2, -0.15) is 0 Å². The van der Waals surface area contributed by atoms with Crippen molar-refractivity contribution in [3.05, 3.63) is 29.8 Å². The number of carbonyl (C=O) groups excluding carboxylic acids is 3. The maximum absolute atomic E-state index is 13.0. The Morgan fingerprint density at radius 3 is 2.30 bits per heavy atom. The van der Waals surface area contributed by atoms with Gasteiger partial charge >= 0.3 is 6.09 Å². The van der Waals surface area contributed by atoms with Crippen LogP contribution in [0.3, 0.4) is 0 Å². The fourth-order valence-electron chi connectivity index (χ4n) is 3.98. The molecule has 0 aromatic heterocycles. The number of nitrogens with zero attached hydrogens (tertiary/aromatic N) is 3. The fourth-order valence-corrected chi connectivity index (χ4v) is 3.98. The number of piperazine rings is 1. The topological polar surface area (TPSA) is 70.2 Å². The van der Waals surface area contributed by atoms with E-state index in [4.69, 9.17) is 4.74 Å². The van der Waals surface area contributed by atoms with Gasteiger partial charge in [-0.15, -0.1) is 0 Å². The summed E-state index contributed by atoms with van der Waals surface area (Å²) < 4.78 is 5.42. The second-order valence-corrected chi connectivity index (χ2v) is 9.21. The number of hydrogen-bond acceptors (Lipinski definition) is 5. The molecule has 0 aliphatic carbocycles. The normalized spacial score (nSPS) is 20.1. The van der Waals surface area contributed by atoms with E-state index in [-0.39, 0.29) is 23.7 Å². The van der Waals surface area contributed by atoms with Gasteiger partial charge in [0, 0.05) is 56.4 Å². The molecule has 30 heavy (non-hydrogen) atoms. The Balaban J connectivity index is 1.61. The van der Waals surface area contributed by atoms with Gasteiger partial charge < -0.3 is 19.4 Å². The molecule has 3 rings (SSSR count). The number of piperidine rings is 1. The quantitative estimate of drug-likeness (QED) is 0.758. The number of anilines is 1. The van der Waals surface area contributed by atoms with Crippen LogP contribution in [0, 0.1) is 5.92 Å². The summed E-state index contributed by atoms with van der Waals surface area (Å²) in [7, 11) is 0. The van der Waals surface area contributed by atoms with Crippen LogP contribution in [0.5, 0.6) is 0 Å². The Morgan fingerprint density at radius 1 is 1.00 bits per heavy atom. The van der Waals surface area contributed by atoms with Crippen molar-refractivity contribution >= 4 is 23.5 Å². The number of benzene rings is 1. The molecule has 7 nitrogen and oxygen atoms in total. The predicted molar refractivity (Wildman–Crippen MR) is 116 cm³/mol. The Hall–Kier alpha value is -2.57. The van der Waals surface area contributed by atoms with Crippen molar-refractivity contribution in [3.63, 3.8) is 0 Å². The molecular formula is C23H33N3O4. The van der Waals surface area contributed by atoms with E-state index in [1.807, 2.05) is 45.0 Å². The first-order valence-electron chi connectivity index (χ1n) is 10.8. The molecule has 164 valence electrons. The summed E-state index contributed by atoms with van der Waals surface area (Å²) in [4.78, 5) is 42.7. The Kier molecular flexibility index (Phi) is 6.68. The highest BCUT2D eigenvalue weighted by Crippen LogP contribution is 2.25. The fraction of sp³-hybridized carbons (Fsp3) is 0.609. The van der Waals surface area contributed by atoms with Gasteiger partial charge in [0.15, 0.2) is 0 Å². The zero-order valence-corrected chi connectivity index (χ0v) is 18.5. The number of ketones is 1. The van der Waals surface area contributed by atoms with Crippen molar-refractivity contribution in [1.29, 1.82) is 0 Å². The minimum absolute atomic E-state index is 0.0270. The number of amides is 2. The first kappa shape index (κ1) is 22.1. The van der Waals surface area contributed by atoms with Crippen molar-refractivity contribution < 1.29 is 19.1 Å². The van der Waals surface area contributed by atoms with Gasteiger partial charge in [0.05, 0.1) is 0 Å². The molecule has 2 amide bonds. The van der Waals surface area contributed by atoms with Gasteiger partial charge in [0.2, 0.25) is 0 Å². The smallest absolute Gasteiger partial charge is 0.410 e. The summed E-state index contributed by atoms with van der Waals surface area (Å²) >= 11 is 0. The molecule has 2 aliphatic heterocycles. The van der Waals surface area contributed by atoms with Gasteiger partial charge in [-0.3, -0.25) is 9.59 Å². The summed E-state index contributed by atoms with van der Waals surface area (Å²) in [6.45, 7) is 10.7. The first-order chi connectivity index (χ1) is 14.1. The lowest BCUT2D eigenvalue weighted by molar-refractivity contribution is -0.120. The van der Waals surface area contributed by atoms with E-state index in [1.165, 1.54) is 0 Å². The molecule has 1 aromatic carbocycles. The third-order valence-corrected chi connectivity index (χ3v) is 5.67. The van der Waals surface area contributed by atoms with Crippen molar-refractivity contribution in [3.8, 4) is 0 Å². The Bertz CT molecular complexity index is 794. The highest BCUT2D eigenvalue weighted by molar-refractivity contribution is 5.95. The van der Waals surface area contributed by atoms with Crippen LogP contribution in [-0.4, -0.2) is 72.5 Å².